The van der Waals surface area contributed by atoms with Gasteiger partial charge in [-0.3, -0.25) is 9.78 Å². The number of furan rings is 1. The highest BCUT2D eigenvalue weighted by molar-refractivity contribution is 6.10. The largest absolute Gasteiger partial charge is 0.442 e. The monoisotopic (exact) mass is 351 g/mol. The molecular formula is C19H21N5O2. The number of hydrogen-bond donors (Lipinski definition) is 1. The number of fused-ring (bicyclic) bond motifs is 1. The molecule has 4 rings (SSSR count). The van der Waals surface area contributed by atoms with Gasteiger partial charge in [-0.1, -0.05) is 6.07 Å². The maximum absolute atomic E-state index is 13.1. The van der Waals surface area contributed by atoms with Crippen LogP contribution >= 0.6 is 0 Å². The van der Waals surface area contributed by atoms with Crippen LogP contribution in [-0.4, -0.2) is 38.3 Å². The van der Waals surface area contributed by atoms with Gasteiger partial charge < -0.3 is 14.6 Å². The zero-order valence-corrected chi connectivity index (χ0v) is 15.1. The summed E-state index contributed by atoms with van der Waals surface area (Å²) in [6.07, 6.45) is 7.10. The van der Waals surface area contributed by atoms with Crippen LogP contribution in [0.25, 0.3) is 11.1 Å². The van der Waals surface area contributed by atoms with Crippen LogP contribution in [0.1, 0.15) is 41.4 Å². The minimum absolute atomic E-state index is 0.0361. The quantitative estimate of drug-likeness (QED) is 0.760. The van der Waals surface area contributed by atoms with E-state index >= 15 is 0 Å². The molecule has 3 heterocycles. The Morgan fingerprint density at radius 2 is 2.19 bits per heavy atom. The molecule has 1 saturated carbocycles. The molecule has 1 amide bonds. The number of nitrogens with one attached hydrogen (secondary N) is 1. The molecule has 0 aromatic carbocycles. The number of hydrogen-bond acceptors (Lipinski definition) is 6. The smallest absolute Gasteiger partial charge is 0.258 e. The number of aromatic nitrogens is 3. The summed E-state index contributed by atoms with van der Waals surface area (Å²) in [6.45, 7) is 4.40. The fourth-order valence-electron chi connectivity index (χ4n) is 3.02. The summed E-state index contributed by atoms with van der Waals surface area (Å²) in [7, 11) is 1.77. The molecule has 7 heteroatoms. The van der Waals surface area contributed by atoms with Gasteiger partial charge in [0, 0.05) is 31.5 Å². The van der Waals surface area contributed by atoms with Crippen molar-refractivity contribution in [1.82, 2.24) is 19.9 Å². The number of nitrogens with zero attached hydrogens (tertiary/aromatic N) is 4. The van der Waals surface area contributed by atoms with Crippen molar-refractivity contribution >= 4 is 22.8 Å². The molecule has 0 atom stereocenters. The summed E-state index contributed by atoms with van der Waals surface area (Å²) < 4.78 is 5.75. The molecule has 7 nitrogen and oxygen atoms in total. The van der Waals surface area contributed by atoms with Crippen molar-refractivity contribution in [3.63, 3.8) is 0 Å². The Morgan fingerprint density at radius 3 is 2.88 bits per heavy atom. The highest BCUT2D eigenvalue weighted by Gasteiger charge is 2.38. The number of rotatable bonds is 5. The zero-order valence-electron chi connectivity index (χ0n) is 15.1. The molecule has 0 spiro atoms. The number of carbonyl (C=O) groups excluding carboxylic acids is 1. The van der Waals surface area contributed by atoms with Crippen molar-refractivity contribution in [3.05, 3.63) is 47.7 Å². The number of carbonyl (C=O) groups is 1. The van der Waals surface area contributed by atoms with Crippen LogP contribution < -0.4 is 5.32 Å². The van der Waals surface area contributed by atoms with E-state index in [4.69, 9.17) is 4.42 Å². The fourth-order valence-corrected chi connectivity index (χ4v) is 3.02. The molecule has 3 aromatic heterocycles. The summed E-state index contributed by atoms with van der Waals surface area (Å²) in [4.78, 5) is 27.5. The van der Waals surface area contributed by atoms with E-state index in [-0.39, 0.29) is 11.4 Å². The summed E-state index contributed by atoms with van der Waals surface area (Å²) in [5, 5.41) is 4.09. The van der Waals surface area contributed by atoms with Crippen LogP contribution in [-0.2, 0) is 6.54 Å². The van der Waals surface area contributed by atoms with Gasteiger partial charge in [-0.05, 0) is 38.3 Å². The highest BCUT2D eigenvalue weighted by Crippen LogP contribution is 2.40. The Bertz CT molecular complexity index is 963. The lowest BCUT2D eigenvalue weighted by Crippen LogP contribution is -2.27. The first kappa shape index (κ1) is 16.5. The summed E-state index contributed by atoms with van der Waals surface area (Å²) in [6, 6.07) is 3.81. The third-order valence-electron chi connectivity index (χ3n) is 4.79. The lowest BCUT2D eigenvalue weighted by atomic mass is 10.1. The molecule has 0 bridgehead atoms. The molecule has 134 valence electrons. The first-order valence-electron chi connectivity index (χ1n) is 8.63. The van der Waals surface area contributed by atoms with E-state index in [0.717, 1.165) is 18.4 Å². The van der Waals surface area contributed by atoms with Crippen molar-refractivity contribution < 1.29 is 9.21 Å². The zero-order chi connectivity index (χ0) is 18.3. The number of amides is 1. The van der Waals surface area contributed by atoms with Crippen LogP contribution in [0, 0.1) is 6.92 Å². The SMILES string of the molecule is Cc1oc2ncnc(NC3(C)CC3)c2c1C(=O)N(C)Cc1cccnc1. The predicted octanol–water partition coefficient (Wildman–Crippen LogP) is 3.16. The normalized spacial score (nSPS) is 15.0. The lowest BCUT2D eigenvalue weighted by Gasteiger charge is -2.18. The van der Waals surface area contributed by atoms with Gasteiger partial charge in [0.25, 0.3) is 5.91 Å². The topological polar surface area (TPSA) is 84.2 Å². The van der Waals surface area contributed by atoms with Gasteiger partial charge in [0.2, 0.25) is 5.71 Å². The van der Waals surface area contributed by atoms with E-state index in [0.29, 0.717) is 34.8 Å². The fraction of sp³-hybridized carbons (Fsp3) is 0.368. The van der Waals surface area contributed by atoms with E-state index in [1.54, 1.807) is 31.3 Å². The van der Waals surface area contributed by atoms with Crippen LogP contribution in [0.3, 0.4) is 0 Å². The Morgan fingerprint density at radius 1 is 1.38 bits per heavy atom. The van der Waals surface area contributed by atoms with E-state index in [1.807, 2.05) is 12.1 Å². The van der Waals surface area contributed by atoms with Gasteiger partial charge in [0.05, 0.1) is 10.9 Å². The minimum Gasteiger partial charge on any atom is -0.442 e. The second-order valence-electron chi connectivity index (χ2n) is 7.14. The molecule has 3 aromatic rings. The van der Waals surface area contributed by atoms with Gasteiger partial charge in [0.15, 0.2) is 0 Å². The average Bonchev–Trinajstić information content (AvgIpc) is 3.24. The van der Waals surface area contributed by atoms with Gasteiger partial charge in [-0.2, -0.15) is 0 Å². The van der Waals surface area contributed by atoms with Crippen LogP contribution in [0.5, 0.6) is 0 Å². The molecule has 0 radical (unpaired) electrons. The number of anilines is 1. The lowest BCUT2D eigenvalue weighted by molar-refractivity contribution is 0.0785. The van der Waals surface area contributed by atoms with Crippen LogP contribution in [0.2, 0.25) is 0 Å². The predicted molar refractivity (Wildman–Crippen MR) is 97.8 cm³/mol. The van der Waals surface area contributed by atoms with Crippen LogP contribution in [0.4, 0.5) is 5.82 Å². The molecule has 0 unspecified atom stereocenters. The van der Waals surface area contributed by atoms with Crippen molar-refractivity contribution in [2.24, 2.45) is 0 Å². The summed E-state index contributed by atoms with van der Waals surface area (Å²) in [5.74, 6) is 1.08. The van der Waals surface area contributed by atoms with Crippen molar-refractivity contribution in [1.29, 1.82) is 0 Å². The highest BCUT2D eigenvalue weighted by atomic mass is 16.3. The molecule has 0 aliphatic heterocycles. The molecule has 1 fully saturated rings. The van der Waals surface area contributed by atoms with E-state index in [9.17, 15) is 4.79 Å². The Kier molecular flexibility index (Phi) is 3.86. The van der Waals surface area contributed by atoms with Gasteiger partial charge in [-0.25, -0.2) is 9.97 Å². The summed E-state index contributed by atoms with van der Waals surface area (Å²) in [5.41, 5.74) is 1.95. The summed E-state index contributed by atoms with van der Waals surface area (Å²) >= 11 is 0. The van der Waals surface area contributed by atoms with Crippen molar-refractivity contribution in [2.75, 3.05) is 12.4 Å². The first-order valence-corrected chi connectivity index (χ1v) is 8.63. The molecule has 26 heavy (non-hydrogen) atoms. The standard InChI is InChI=1S/C19H21N5O2/c1-12-14(18(25)24(3)10-13-5-4-8-20-9-13)15-16(23-19(2)6-7-19)21-11-22-17(15)26-12/h4-5,8-9,11H,6-7,10H2,1-3H3,(H,21,22,23). The second-order valence-corrected chi connectivity index (χ2v) is 7.14. The van der Waals surface area contributed by atoms with Gasteiger partial charge in [0.1, 0.15) is 17.9 Å². The molecule has 1 aliphatic rings. The Labute approximate surface area is 151 Å². The Hall–Kier alpha value is -2.96. The average molecular weight is 351 g/mol. The van der Waals surface area contributed by atoms with Gasteiger partial charge in [-0.15, -0.1) is 0 Å². The third-order valence-corrected chi connectivity index (χ3v) is 4.79. The molecule has 1 N–H and O–H groups in total. The van der Waals surface area contributed by atoms with Gasteiger partial charge >= 0.3 is 0 Å². The van der Waals surface area contributed by atoms with E-state index in [1.165, 1.54) is 6.33 Å². The molecular weight excluding hydrogens is 330 g/mol. The number of pyridine rings is 1. The van der Waals surface area contributed by atoms with Crippen LogP contribution in [0.15, 0.2) is 35.3 Å². The maximum atomic E-state index is 13.1. The Balaban J connectivity index is 1.70. The van der Waals surface area contributed by atoms with Crippen molar-refractivity contribution in [2.45, 2.75) is 38.8 Å². The van der Waals surface area contributed by atoms with Crippen molar-refractivity contribution in [3.8, 4) is 0 Å². The minimum atomic E-state index is -0.121. The third kappa shape index (κ3) is 3.00. The van der Waals surface area contributed by atoms with E-state index in [2.05, 4.69) is 27.2 Å². The van der Waals surface area contributed by atoms with E-state index < -0.39 is 0 Å². The molecule has 0 saturated heterocycles. The molecule has 1 aliphatic carbocycles. The first-order chi connectivity index (χ1) is 12.5. The number of aryl methyl sites for hydroxylation is 1. The second kappa shape index (κ2) is 6.09. The maximum Gasteiger partial charge on any atom is 0.258 e.